The number of hydrogen-bond donors (Lipinski definition) is 2. The maximum absolute atomic E-state index is 12.8. The van der Waals surface area contributed by atoms with Crippen LogP contribution < -0.4 is 15.5 Å². The van der Waals surface area contributed by atoms with E-state index in [1.807, 2.05) is 78.2 Å². The number of nitrogens with one attached hydrogen (secondary N) is 2. The summed E-state index contributed by atoms with van der Waals surface area (Å²) in [4.78, 5) is 12.8. The molecule has 0 fully saturated rings. The normalized spacial score (nSPS) is 11.9. The molecule has 1 heterocycles. The van der Waals surface area contributed by atoms with Crippen LogP contribution in [-0.2, 0) is 11.3 Å². The lowest BCUT2D eigenvalue weighted by Crippen LogP contribution is -2.27. The zero-order chi connectivity index (χ0) is 26.2. The molecule has 190 valence electrons. The van der Waals surface area contributed by atoms with Crippen molar-refractivity contribution in [3.05, 3.63) is 94.2 Å². The minimum Gasteiger partial charge on any atom is -0.496 e. The third-order valence-electron chi connectivity index (χ3n) is 5.52. The van der Waals surface area contributed by atoms with Crippen LogP contribution in [0.3, 0.4) is 0 Å². The molecule has 4 aromatic rings. The van der Waals surface area contributed by atoms with Crippen LogP contribution in [0.15, 0.2) is 87.5 Å². The molecule has 0 saturated heterocycles. The van der Waals surface area contributed by atoms with E-state index in [1.54, 1.807) is 13.3 Å². The van der Waals surface area contributed by atoms with E-state index in [2.05, 4.69) is 55.0 Å². The smallest absolute Gasteiger partial charge is 0.253 e. The van der Waals surface area contributed by atoms with Gasteiger partial charge in [-0.15, -0.1) is 10.2 Å². The molecule has 1 atom stereocenters. The lowest BCUT2D eigenvalue weighted by Gasteiger charge is -2.14. The van der Waals surface area contributed by atoms with Gasteiger partial charge >= 0.3 is 0 Å². The Morgan fingerprint density at radius 3 is 2.65 bits per heavy atom. The van der Waals surface area contributed by atoms with Crippen LogP contribution in [0.5, 0.6) is 5.75 Å². The first-order chi connectivity index (χ1) is 18.0. The molecular formula is C27H27BrN6O2S. The Morgan fingerprint density at radius 2 is 1.89 bits per heavy atom. The van der Waals surface area contributed by atoms with Crippen LogP contribution in [0.2, 0.25) is 0 Å². The summed E-state index contributed by atoms with van der Waals surface area (Å²) in [6.45, 7) is 4.35. The number of anilines is 1. The SMILES string of the molecule is COc1ccc(Br)cc1C=NNC(=O)[C@H](C)Sc1nnc(CNc2ccccc2C)n1-c1ccccc1. The molecule has 1 amide bonds. The van der Waals surface area contributed by atoms with E-state index in [4.69, 9.17) is 4.74 Å². The monoisotopic (exact) mass is 578 g/mol. The van der Waals surface area contributed by atoms with Gasteiger partial charge in [0.15, 0.2) is 11.0 Å². The van der Waals surface area contributed by atoms with Gasteiger partial charge in [-0.05, 0) is 55.8 Å². The van der Waals surface area contributed by atoms with Gasteiger partial charge in [0.2, 0.25) is 0 Å². The molecule has 0 aliphatic carbocycles. The highest BCUT2D eigenvalue weighted by Crippen LogP contribution is 2.27. The molecule has 0 aliphatic heterocycles. The highest BCUT2D eigenvalue weighted by atomic mass is 79.9. The molecule has 0 bridgehead atoms. The summed E-state index contributed by atoms with van der Waals surface area (Å²) >= 11 is 4.75. The number of halogens is 1. The summed E-state index contributed by atoms with van der Waals surface area (Å²) < 4.78 is 8.20. The molecule has 1 aromatic heterocycles. The average Bonchev–Trinajstić information content (AvgIpc) is 3.31. The molecule has 4 rings (SSSR count). The van der Waals surface area contributed by atoms with Crippen molar-refractivity contribution in [3.63, 3.8) is 0 Å². The minimum atomic E-state index is -0.467. The van der Waals surface area contributed by atoms with E-state index in [-0.39, 0.29) is 5.91 Å². The van der Waals surface area contributed by atoms with Gasteiger partial charge in [0, 0.05) is 21.4 Å². The van der Waals surface area contributed by atoms with Gasteiger partial charge in [-0.25, -0.2) is 5.43 Å². The standard InChI is InChI=1S/C27H27BrN6O2S/c1-18-9-7-8-12-23(18)29-17-25-31-33-27(34(25)22-10-5-4-6-11-22)37-19(2)26(35)32-30-16-20-15-21(28)13-14-24(20)36-3/h4-16,19,29H,17H2,1-3H3,(H,32,35)/t19-/m0/s1. The molecule has 0 saturated carbocycles. The van der Waals surface area contributed by atoms with Crippen molar-refractivity contribution in [2.24, 2.45) is 5.10 Å². The fraction of sp³-hybridized carbons (Fsp3) is 0.185. The fourth-order valence-electron chi connectivity index (χ4n) is 3.55. The number of methoxy groups -OCH3 is 1. The highest BCUT2D eigenvalue weighted by Gasteiger charge is 2.21. The number of nitrogens with zero attached hydrogens (tertiary/aromatic N) is 4. The van der Waals surface area contributed by atoms with Gasteiger partial charge in [-0.2, -0.15) is 5.10 Å². The highest BCUT2D eigenvalue weighted by molar-refractivity contribution is 9.10. The Hall–Kier alpha value is -3.63. The Morgan fingerprint density at radius 1 is 1.14 bits per heavy atom. The molecule has 8 nitrogen and oxygen atoms in total. The summed E-state index contributed by atoms with van der Waals surface area (Å²) in [5.74, 6) is 1.15. The number of thioether (sulfide) groups is 1. The summed E-state index contributed by atoms with van der Waals surface area (Å²) in [6, 6.07) is 23.5. The zero-order valence-electron chi connectivity index (χ0n) is 20.7. The number of carbonyl (C=O) groups excluding carboxylic acids is 1. The molecule has 10 heteroatoms. The Balaban J connectivity index is 1.48. The van der Waals surface area contributed by atoms with Crippen molar-refractivity contribution in [2.75, 3.05) is 12.4 Å². The lowest BCUT2D eigenvalue weighted by molar-refractivity contribution is -0.120. The van der Waals surface area contributed by atoms with Gasteiger partial charge < -0.3 is 10.1 Å². The van der Waals surface area contributed by atoms with Crippen molar-refractivity contribution in [3.8, 4) is 11.4 Å². The predicted octanol–water partition coefficient (Wildman–Crippen LogP) is 5.59. The van der Waals surface area contributed by atoms with Crippen molar-refractivity contribution in [2.45, 2.75) is 30.8 Å². The van der Waals surface area contributed by atoms with Crippen LogP contribution in [0, 0.1) is 6.92 Å². The van der Waals surface area contributed by atoms with E-state index in [0.29, 0.717) is 17.5 Å². The molecule has 3 aromatic carbocycles. The van der Waals surface area contributed by atoms with E-state index in [9.17, 15) is 4.79 Å². The van der Waals surface area contributed by atoms with Crippen molar-refractivity contribution < 1.29 is 9.53 Å². The zero-order valence-corrected chi connectivity index (χ0v) is 23.1. The van der Waals surface area contributed by atoms with Gasteiger partial charge in [0.25, 0.3) is 5.91 Å². The van der Waals surface area contributed by atoms with E-state index >= 15 is 0 Å². The number of aryl methyl sites for hydroxylation is 1. The predicted molar refractivity (Wildman–Crippen MR) is 152 cm³/mol. The topological polar surface area (TPSA) is 93.4 Å². The van der Waals surface area contributed by atoms with Gasteiger partial charge in [0.1, 0.15) is 5.75 Å². The van der Waals surface area contributed by atoms with Crippen molar-refractivity contribution >= 4 is 45.5 Å². The number of amides is 1. The van der Waals surface area contributed by atoms with Crippen molar-refractivity contribution in [1.29, 1.82) is 0 Å². The fourth-order valence-corrected chi connectivity index (χ4v) is 4.81. The number of benzene rings is 3. The van der Waals surface area contributed by atoms with Crippen LogP contribution in [0.1, 0.15) is 23.9 Å². The minimum absolute atomic E-state index is 0.252. The number of carbonyl (C=O) groups is 1. The van der Waals surface area contributed by atoms with Crippen LogP contribution in [0.25, 0.3) is 5.69 Å². The second-order valence-electron chi connectivity index (χ2n) is 8.12. The van der Waals surface area contributed by atoms with Crippen LogP contribution in [0.4, 0.5) is 5.69 Å². The number of aromatic nitrogens is 3. The second kappa shape index (κ2) is 12.6. The van der Waals surface area contributed by atoms with Gasteiger partial charge in [-0.3, -0.25) is 9.36 Å². The third kappa shape index (κ3) is 6.78. The summed E-state index contributed by atoms with van der Waals surface area (Å²) in [5, 5.41) is 16.5. The van der Waals surface area contributed by atoms with E-state index in [0.717, 1.165) is 32.8 Å². The van der Waals surface area contributed by atoms with Gasteiger partial charge in [0.05, 0.1) is 25.1 Å². The molecule has 0 unspecified atom stereocenters. The molecular weight excluding hydrogens is 552 g/mol. The molecule has 0 radical (unpaired) electrons. The summed E-state index contributed by atoms with van der Waals surface area (Å²) in [5.41, 5.74) is 6.45. The maximum atomic E-state index is 12.8. The first-order valence-electron chi connectivity index (χ1n) is 11.6. The van der Waals surface area contributed by atoms with Gasteiger partial charge in [-0.1, -0.05) is 64.1 Å². The number of hydrazone groups is 1. The Bertz CT molecular complexity index is 1390. The molecule has 0 aliphatic rings. The van der Waals surface area contributed by atoms with Crippen LogP contribution in [-0.4, -0.2) is 39.2 Å². The molecule has 37 heavy (non-hydrogen) atoms. The number of hydrogen-bond acceptors (Lipinski definition) is 7. The maximum Gasteiger partial charge on any atom is 0.253 e. The number of rotatable bonds is 10. The Labute approximate surface area is 228 Å². The summed E-state index contributed by atoms with van der Waals surface area (Å²) in [6.07, 6.45) is 1.56. The molecule has 0 spiro atoms. The second-order valence-corrected chi connectivity index (χ2v) is 10.3. The third-order valence-corrected chi connectivity index (χ3v) is 7.05. The van der Waals surface area contributed by atoms with Crippen LogP contribution >= 0.6 is 27.7 Å². The number of para-hydroxylation sites is 2. The summed E-state index contributed by atoms with van der Waals surface area (Å²) in [7, 11) is 1.59. The lowest BCUT2D eigenvalue weighted by atomic mass is 10.2. The van der Waals surface area contributed by atoms with E-state index in [1.165, 1.54) is 11.8 Å². The molecule has 2 N–H and O–H groups in total. The van der Waals surface area contributed by atoms with E-state index < -0.39 is 5.25 Å². The average molecular weight is 580 g/mol. The van der Waals surface area contributed by atoms with Crippen molar-refractivity contribution in [1.82, 2.24) is 20.2 Å². The first-order valence-corrected chi connectivity index (χ1v) is 13.3. The number of ether oxygens (including phenoxy) is 1. The largest absolute Gasteiger partial charge is 0.496 e. The quantitative estimate of drug-likeness (QED) is 0.145. The first kappa shape index (κ1) is 26.4. The Kier molecular flexibility index (Phi) is 8.97.